The van der Waals surface area contributed by atoms with Gasteiger partial charge in [0.1, 0.15) is 11.9 Å². The van der Waals surface area contributed by atoms with Crippen LogP contribution >= 0.6 is 0 Å². The molecule has 0 bridgehead atoms. The first-order valence-electron chi connectivity index (χ1n) is 7.89. The number of hydrogen-bond acceptors (Lipinski definition) is 2. The fraction of sp³-hybridized carbons (Fsp3) is 0.529. The third-order valence-corrected chi connectivity index (χ3v) is 4.86. The Morgan fingerprint density at radius 2 is 2.05 bits per heavy atom. The summed E-state index contributed by atoms with van der Waals surface area (Å²) in [6, 6.07) is 3.64. The molecule has 1 aromatic carbocycles. The van der Waals surface area contributed by atoms with E-state index in [1.54, 1.807) is 12.1 Å². The predicted molar refractivity (Wildman–Crippen MR) is 78.9 cm³/mol. The van der Waals surface area contributed by atoms with Crippen molar-refractivity contribution in [2.45, 2.75) is 51.1 Å². The van der Waals surface area contributed by atoms with Gasteiger partial charge in [-0.25, -0.2) is 9.18 Å². The van der Waals surface area contributed by atoms with Crippen LogP contribution in [0.3, 0.4) is 0 Å². The molecule has 0 aromatic heterocycles. The number of amides is 1. The van der Waals surface area contributed by atoms with Gasteiger partial charge in [-0.2, -0.15) is 0 Å². The second-order valence-corrected chi connectivity index (χ2v) is 6.30. The molecular weight excluding hydrogens is 285 g/mol. The molecule has 1 N–H and O–H groups in total. The van der Waals surface area contributed by atoms with Crippen LogP contribution in [0.25, 0.3) is 0 Å². The topological polar surface area (TPSA) is 57.6 Å². The number of halogens is 1. The van der Waals surface area contributed by atoms with Gasteiger partial charge in [-0.1, -0.05) is 44.2 Å². The third-order valence-electron chi connectivity index (χ3n) is 4.86. The predicted octanol–water partition coefficient (Wildman–Crippen LogP) is 3.21. The molecule has 1 amide bonds. The van der Waals surface area contributed by atoms with Crippen LogP contribution in [0.15, 0.2) is 18.2 Å². The van der Waals surface area contributed by atoms with Gasteiger partial charge < -0.3 is 10.0 Å². The molecule has 1 atom stereocenters. The fourth-order valence-electron chi connectivity index (χ4n) is 3.69. The molecule has 1 saturated carbocycles. The third kappa shape index (κ3) is 2.72. The molecule has 118 valence electrons. The van der Waals surface area contributed by atoms with Crippen LogP contribution in [0.5, 0.6) is 0 Å². The van der Waals surface area contributed by atoms with Crippen molar-refractivity contribution < 1.29 is 19.1 Å². The van der Waals surface area contributed by atoms with Gasteiger partial charge >= 0.3 is 5.97 Å². The van der Waals surface area contributed by atoms with Gasteiger partial charge in [0.2, 0.25) is 0 Å². The van der Waals surface area contributed by atoms with Gasteiger partial charge in [0, 0.05) is 6.54 Å². The molecular formula is C17H20FNO3. The molecule has 1 aliphatic carbocycles. The van der Waals surface area contributed by atoms with Gasteiger partial charge in [0.05, 0.1) is 5.56 Å². The number of nitrogens with zero attached hydrogens (tertiary/aromatic N) is 1. The van der Waals surface area contributed by atoms with Crippen LogP contribution < -0.4 is 0 Å². The lowest BCUT2D eigenvalue weighted by Crippen LogP contribution is -2.42. The smallest absolute Gasteiger partial charge is 0.326 e. The molecule has 1 aromatic rings. The van der Waals surface area contributed by atoms with E-state index in [1.165, 1.54) is 17.4 Å². The van der Waals surface area contributed by atoms with E-state index in [2.05, 4.69) is 0 Å². The first-order valence-corrected chi connectivity index (χ1v) is 7.89. The number of rotatable bonds is 4. The summed E-state index contributed by atoms with van der Waals surface area (Å²) in [5.74, 6) is -1.70. The Kier molecular flexibility index (Phi) is 4.14. The van der Waals surface area contributed by atoms with Crippen molar-refractivity contribution in [3.8, 4) is 0 Å². The monoisotopic (exact) mass is 305 g/mol. The molecule has 22 heavy (non-hydrogen) atoms. The van der Waals surface area contributed by atoms with E-state index in [0.29, 0.717) is 17.9 Å². The molecule has 3 rings (SSSR count). The Hall–Kier alpha value is -1.91. The highest BCUT2D eigenvalue weighted by atomic mass is 19.1. The first-order chi connectivity index (χ1) is 10.6. The summed E-state index contributed by atoms with van der Waals surface area (Å²) in [6.07, 6.45) is 5.96. The number of carboxylic acids is 1. The van der Waals surface area contributed by atoms with Crippen LogP contribution in [0, 0.1) is 11.7 Å². The van der Waals surface area contributed by atoms with Crippen molar-refractivity contribution in [2.75, 3.05) is 0 Å². The van der Waals surface area contributed by atoms with Crippen molar-refractivity contribution in [1.82, 2.24) is 4.90 Å². The van der Waals surface area contributed by atoms with Gasteiger partial charge in [0.15, 0.2) is 0 Å². The summed E-state index contributed by atoms with van der Waals surface area (Å²) < 4.78 is 13.8. The highest BCUT2D eigenvalue weighted by Crippen LogP contribution is 2.32. The molecule has 0 saturated heterocycles. The van der Waals surface area contributed by atoms with Crippen molar-refractivity contribution in [3.63, 3.8) is 0 Å². The lowest BCUT2D eigenvalue weighted by Gasteiger charge is -2.29. The summed E-state index contributed by atoms with van der Waals surface area (Å²) in [7, 11) is 0. The summed E-state index contributed by atoms with van der Waals surface area (Å²) in [4.78, 5) is 25.4. The second kappa shape index (κ2) is 6.07. The van der Waals surface area contributed by atoms with Crippen LogP contribution in [-0.4, -0.2) is 27.9 Å². The normalized spacial score (nSPS) is 20.0. The van der Waals surface area contributed by atoms with Crippen molar-refractivity contribution in [1.29, 1.82) is 0 Å². The highest BCUT2D eigenvalue weighted by molar-refractivity contribution is 6.00. The van der Waals surface area contributed by atoms with Crippen molar-refractivity contribution >= 4 is 11.9 Å². The summed E-state index contributed by atoms with van der Waals surface area (Å²) >= 11 is 0. The molecule has 0 unspecified atom stereocenters. The van der Waals surface area contributed by atoms with E-state index in [0.717, 1.165) is 25.7 Å². The minimum Gasteiger partial charge on any atom is -0.480 e. The van der Waals surface area contributed by atoms with Gasteiger partial charge in [-0.05, 0) is 24.0 Å². The Morgan fingerprint density at radius 3 is 2.68 bits per heavy atom. The zero-order chi connectivity index (χ0) is 15.7. The van der Waals surface area contributed by atoms with E-state index in [1.807, 2.05) is 0 Å². The fourth-order valence-corrected chi connectivity index (χ4v) is 3.69. The number of carbonyl (C=O) groups is 2. The first kappa shape index (κ1) is 15.0. The van der Waals surface area contributed by atoms with Crippen LogP contribution in [-0.2, 0) is 11.3 Å². The van der Waals surface area contributed by atoms with E-state index in [-0.39, 0.29) is 12.1 Å². The molecule has 0 radical (unpaired) electrons. The molecule has 1 aliphatic heterocycles. The highest BCUT2D eigenvalue weighted by Gasteiger charge is 2.39. The quantitative estimate of drug-likeness (QED) is 0.929. The zero-order valence-corrected chi connectivity index (χ0v) is 12.4. The molecule has 5 heteroatoms. The average Bonchev–Trinajstić information content (AvgIpc) is 2.84. The van der Waals surface area contributed by atoms with Crippen molar-refractivity contribution in [3.05, 3.63) is 35.1 Å². The average molecular weight is 305 g/mol. The molecule has 1 heterocycles. The summed E-state index contributed by atoms with van der Waals surface area (Å²) in [5, 5.41) is 9.54. The molecule has 4 nitrogen and oxygen atoms in total. The maximum absolute atomic E-state index is 13.8. The SMILES string of the molecule is O=C(O)[C@H](CC1CCCCC1)N1Cc2cccc(F)c2C1=O. The minimum atomic E-state index is -0.993. The zero-order valence-electron chi connectivity index (χ0n) is 12.4. The lowest BCUT2D eigenvalue weighted by molar-refractivity contribution is -0.143. The summed E-state index contributed by atoms with van der Waals surface area (Å²) in [6.45, 7) is 0.190. The molecule has 1 fully saturated rings. The van der Waals surface area contributed by atoms with Gasteiger partial charge in [0.25, 0.3) is 5.91 Å². The van der Waals surface area contributed by atoms with Gasteiger partial charge in [-0.15, -0.1) is 0 Å². The van der Waals surface area contributed by atoms with Crippen LogP contribution in [0.2, 0.25) is 0 Å². The van der Waals surface area contributed by atoms with Crippen LogP contribution in [0.1, 0.15) is 54.4 Å². The number of aliphatic carboxylic acids is 1. The van der Waals surface area contributed by atoms with E-state index in [4.69, 9.17) is 0 Å². The maximum atomic E-state index is 13.8. The number of fused-ring (bicyclic) bond motifs is 1. The number of hydrogen-bond donors (Lipinski definition) is 1. The largest absolute Gasteiger partial charge is 0.480 e. The minimum absolute atomic E-state index is 0.0393. The Labute approximate surface area is 128 Å². The molecule has 0 spiro atoms. The summed E-state index contributed by atoms with van der Waals surface area (Å²) in [5.41, 5.74) is 0.622. The molecule has 2 aliphatic rings. The van der Waals surface area contributed by atoms with E-state index >= 15 is 0 Å². The van der Waals surface area contributed by atoms with E-state index in [9.17, 15) is 19.1 Å². The Balaban J connectivity index is 1.80. The van der Waals surface area contributed by atoms with E-state index < -0.39 is 23.7 Å². The maximum Gasteiger partial charge on any atom is 0.326 e. The van der Waals surface area contributed by atoms with Crippen LogP contribution in [0.4, 0.5) is 4.39 Å². The second-order valence-electron chi connectivity index (χ2n) is 6.30. The number of benzene rings is 1. The standard InChI is InChI=1S/C17H20FNO3/c18-13-8-4-7-12-10-19(16(20)15(12)13)14(17(21)22)9-11-5-2-1-3-6-11/h4,7-8,11,14H,1-3,5-6,9-10H2,(H,21,22)/t14-/m0/s1. The number of carboxylic acid groups (broad SMARTS) is 1. The lowest BCUT2D eigenvalue weighted by atomic mass is 9.84. The van der Waals surface area contributed by atoms with Gasteiger partial charge in [-0.3, -0.25) is 4.79 Å². The Morgan fingerprint density at radius 1 is 1.32 bits per heavy atom. The Bertz CT molecular complexity index is 596. The number of carbonyl (C=O) groups excluding carboxylic acids is 1. The van der Waals surface area contributed by atoms with Crippen molar-refractivity contribution in [2.24, 2.45) is 5.92 Å².